The summed E-state index contributed by atoms with van der Waals surface area (Å²) in [5.41, 5.74) is 5.28. The lowest BCUT2D eigenvalue weighted by Crippen LogP contribution is -2.38. The number of hydrogen-bond donors (Lipinski definition) is 2. The Morgan fingerprint density at radius 1 is 1.24 bits per heavy atom. The molecule has 0 radical (unpaired) electrons. The van der Waals surface area contributed by atoms with Gasteiger partial charge in [-0.2, -0.15) is 13.2 Å². The zero-order valence-corrected chi connectivity index (χ0v) is 10.0. The smallest absolute Gasteiger partial charge is 0.383 e. The third-order valence-electron chi connectivity index (χ3n) is 2.34. The van der Waals surface area contributed by atoms with Crippen LogP contribution in [-0.4, -0.2) is 23.9 Å². The van der Waals surface area contributed by atoms with Crippen molar-refractivity contribution in [1.82, 2.24) is 0 Å². The van der Waals surface area contributed by atoms with Gasteiger partial charge in [-0.25, -0.2) is 0 Å². The van der Waals surface area contributed by atoms with Crippen molar-refractivity contribution >= 4 is 23.2 Å². The summed E-state index contributed by atoms with van der Waals surface area (Å²) in [4.78, 5) is 0. The lowest BCUT2D eigenvalue weighted by Gasteiger charge is -2.25. The monoisotopic (exact) mass is 287 g/mol. The number of nitrogens with two attached hydrogens (primary N) is 1. The van der Waals surface area contributed by atoms with Crippen molar-refractivity contribution in [3.05, 3.63) is 33.8 Å². The second-order valence-electron chi connectivity index (χ2n) is 3.46. The van der Waals surface area contributed by atoms with Gasteiger partial charge in [0.15, 0.2) is 6.10 Å². The molecule has 2 nitrogen and oxygen atoms in total. The Labute approximate surface area is 106 Å². The highest BCUT2D eigenvalue weighted by Crippen LogP contribution is 2.37. The van der Waals surface area contributed by atoms with Crippen molar-refractivity contribution < 1.29 is 18.3 Å². The van der Waals surface area contributed by atoms with Gasteiger partial charge in [0.05, 0.1) is 0 Å². The van der Waals surface area contributed by atoms with Crippen LogP contribution in [0.1, 0.15) is 11.5 Å². The summed E-state index contributed by atoms with van der Waals surface area (Å²) in [5.74, 6) is -1.38. The van der Waals surface area contributed by atoms with E-state index < -0.39 is 24.7 Å². The second kappa shape index (κ2) is 5.44. The maximum absolute atomic E-state index is 12.4. The Balaban J connectivity index is 3.19. The topological polar surface area (TPSA) is 46.2 Å². The molecule has 1 aromatic rings. The van der Waals surface area contributed by atoms with Crippen molar-refractivity contribution in [3.8, 4) is 0 Å². The molecule has 0 saturated heterocycles. The molecule has 0 aliphatic rings. The van der Waals surface area contributed by atoms with Gasteiger partial charge in [0.2, 0.25) is 0 Å². The molecule has 2 unspecified atom stereocenters. The van der Waals surface area contributed by atoms with Gasteiger partial charge in [-0.1, -0.05) is 29.3 Å². The first-order chi connectivity index (χ1) is 7.79. The summed E-state index contributed by atoms with van der Waals surface area (Å²) >= 11 is 11.6. The van der Waals surface area contributed by atoms with E-state index in [0.29, 0.717) is 0 Å². The lowest BCUT2D eigenvalue weighted by atomic mass is 9.93. The minimum Gasteiger partial charge on any atom is -0.383 e. The van der Waals surface area contributed by atoms with Gasteiger partial charge < -0.3 is 10.8 Å². The summed E-state index contributed by atoms with van der Waals surface area (Å²) in [7, 11) is 0. The first-order valence-electron chi connectivity index (χ1n) is 4.67. The van der Waals surface area contributed by atoms with E-state index in [1.54, 1.807) is 0 Å². The predicted octanol–water partition coefficient (Wildman–Crippen LogP) is 2.96. The van der Waals surface area contributed by atoms with Crippen LogP contribution in [-0.2, 0) is 0 Å². The van der Waals surface area contributed by atoms with Crippen LogP contribution < -0.4 is 5.73 Å². The fourth-order valence-electron chi connectivity index (χ4n) is 1.50. The van der Waals surface area contributed by atoms with E-state index in [4.69, 9.17) is 28.9 Å². The van der Waals surface area contributed by atoms with E-state index in [-0.39, 0.29) is 15.6 Å². The van der Waals surface area contributed by atoms with Gasteiger partial charge in [-0.05, 0) is 17.7 Å². The quantitative estimate of drug-likeness (QED) is 0.898. The van der Waals surface area contributed by atoms with Crippen molar-refractivity contribution in [1.29, 1.82) is 0 Å². The van der Waals surface area contributed by atoms with E-state index in [0.717, 1.165) is 0 Å². The fourth-order valence-corrected chi connectivity index (χ4v) is 2.18. The molecular weight excluding hydrogens is 278 g/mol. The van der Waals surface area contributed by atoms with E-state index in [1.807, 2.05) is 0 Å². The molecule has 0 aliphatic heterocycles. The number of rotatable bonds is 3. The Bertz CT molecular complexity index is 377. The molecule has 17 heavy (non-hydrogen) atoms. The van der Waals surface area contributed by atoms with Crippen molar-refractivity contribution in [2.45, 2.75) is 18.2 Å². The molecule has 0 aliphatic carbocycles. The van der Waals surface area contributed by atoms with Crippen LogP contribution in [0.15, 0.2) is 18.2 Å². The first kappa shape index (κ1) is 14.6. The van der Waals surface area contributed by atoms with E-state index in [9.17, 15) is 18.3 Å². The third kappa shape index (κ3) is 3.25. The van der Waals surface area contributed by atoms with Crippen LogP contribution in [0.2, 0.25) is 10.0 Å². The minimum atomic E-state index is -4.77. The molecule has 2 atom stereocenters. The standard InChI is InChI=1S/C10H10Cl2F3NO/c11-6-2-1-3-7(12)8(6)5(4-16)9(17)10(13,14)15/h1-3,5,9,17H,4,16H2. The number of hydrogen-bond acceptors (Lipinski definition) is 2. The minimum absolute atomic E-state index is 0.0168. The Hall–Kier alpha value is -0.490. The van der Waals surface area contributed by atoms with Crippen LogP contribution in [0, 0.1) is 0 Å². The molecule has 0 fully saturated rings. The van der Waals surface area contributed by atoms with Crippen molar-refractivity contribution in [3.63, 3.8) is 0 Å². The van der Waals surface area contributed by atoms with E-state index >= 15 is 0 Å². The van der Waals surface area contributed by atoms with E-state index in [1.165, 1.54) is 18.2 Å². The number of benzene rings is 1. The van der Waals surface area contributed by atoms with Gasteiger partial charge in [-0.15, -0.1) is 0 Å². The summed E-state index contributed by atoms with van der Waals surface area (Å²) < 4.78 is 37.3. The highest BCUT2D eigenvalue weighted by atomic mass is 35.5. The number of aliphatic hydroxyl groups is 1. The molecule has 0 aromatic heterocycles. The number of halogens is 5. The fraction of sp³-hybridized carbons (Fsp3) is 0.400. The van der Waals surface area contributed by atoms with Gasteiger partial charge in [0, 0.05) is 22.5 Å². The Morgan fingerprint density at radius 2 is 1.71 bits per heavy atom. The SMILES string of the molecule is NCC(c1c(Cl)cccc1Cl)C(O)C(F)(F)F. The summed E-state index contributed by atoms with van der Waals surface area (Å²) in [6.45, 7) is -0.413. The Kier molecular flexibility index (Phi) is 4.66. The zero-order chi connectivity index (χ0) is 13.2. The molecule has 1 aromatic carbocycles. The van der Waals surface area contributed by atoms with Gasteiger partial charge in [0.1, 0.15) is 0 Å². The van der Waals surface area contributed by atoms with Crippen LogP contribution in [0.4, 0.5) is 13.2 Å². The van der Waals surface area contributed by atoms with Gasteiger partial charge >= 0.3 is 6.18 Å². The second-order valence-corrected chi connectivity index (χ2v) is 4.28. The largest absolute Gasteiger partial charge is 0.414 e. The van der Waals surface area contributed by atoms with Crippen molar-refractivity contribution in [2.75, 3.05) is 6.54 Å². The molecule has 7 heteroatoms. The number of alkyl halides is 3. The average Bonchev–Trinajstić information content (AvgIpc) is 2.21. The van der Waals surface area contributed by atoms with Crippen molar-refractivity contribution in [2.24, 2.45) is 5.73 Å². The molecule has 0 amide bonds. The van der Waals surface area contributed by atoms with Gasteiger partial charge in [0.25, 0.3) is 0 Å². The zero-order valence-electron chi connectivity index (χ0n) is 8.51. The Morgan fingerprint density at radius 3 is 2.06 bits per heavy atom. The lowest BCUT2D eigenvalue weighted by molar-refractivity contribution is -0.209. The first-order valence-corrected chi connectivity index (χ1v) is 5.43. The highest BCUT2D eigenvalue weighted by Gasteiger charge is 2.44. The summed E-state index contributed by atoms with van der Waals surface area (Å²) in [6, 6.07) is 4.30. The molecule has 1 rings (SSSR count). The van der Waals surface area contributed by atoms with Crippen LogP contribution in [0.5, 0.6) is 0 Å². The summed E-state index contributed by atoms with van der Waals surface area (Å²) in [6.07, 6.45) is -7.36. The van der Waals surface area contributed by atoms with Crippen LogP contribution in [0.3, 0.4) is 0 Å². The maximum Gasteiger partial charge on any atom is 0.414 e. The molecule has 0 saturated carbocycles. The molecular formula is C10H10Cl2F3NO. The number of aliphatic hydroxyl groups excluding tert-OH is 1. The molecule has 0 bridgehead atoms. The van der Waals surface area contributed by atoms with Gasteiger partial charge in [-0.3, -0.25) is 0 Å². The highest BCUT2D eigenvalue weighted by molar-refractivity contribution is 6.36. The van der Waals surface area contributed by atoms with E-state index in [2.05, 4.69) is 0 Å². The molecule has 3 N–H and O–H groups in total. The normalized spacial score (nSPS) is 15.7. The molecule has 0 spiro atoms. The summed E-state index contributed by atoms with van der Waals surface area (Å²) in [5, 5.41) is 9.33. The van der Waals surface area contributed by atoms with Crippen LogP contribution in [0.25, 0.3) is 0 Å². The van der Waals surface area contributed by atoms with Crippen LogP contribution >= 0.6 is 23.2 Å². The average molecular weight is 288 g/mol. The molecule has 0 heterocycles. The maximum atomic E-state index is 12.4. The molecule has 96 valence electrons. The predicted molar refractivity (Wildman–Crippen MR) is 60.3 cm³/mol. The third-order valence-corrected chi connectivity index (χ3v) is 3.00.